The summed E-state index contributed by atoms with van der Waals surface area (Å²) in [7, 11) is 0. The first kappa shape index (κ1) is 13.6. The van der Waals surface area contributed by atoms with Gasteiger partial charge in [0.2, 0.25) is 0 Å². The van der Waals surface area contributed by atoms with Gasteiger partial charge in [-0.15, -0.1) is 0 Å². The Bertz CT molecular complexity index is 55.2. The van der Waals surface area contributed by atoms with Crippen LogP contribution in [0.15, 0.2) is 0 Å². The van der Waals surface area contributed by atoms with E-state index in [0.29, 0.717) is 6.04 Å². The van der Waals surface area contributed by atoms with E-state index in [1.54, 1.807) is 0 Å². The molecule has 0 bridgehead atoms. The van der Waals surface area contributed by atoms with Gasteiger partial charge in [0.15, 0.2) is 0 Å². The van der Waals surface area contributed by atoms with Gasteiger partial charge in [-0.05, 0) is 26.8 Å². The van der Waals surface area contributed by atoms with Gasteiger partial charge in [0.05, 0.1) is 0 Å². The summed E-state index contributed by atoms with van der Waals surface area (Å²) in [4.78, 5) is 0. The molecule has 0 spiro atoms. The van der Waals surface area contributed by atoms with Crippen molar-refractivity contribution in [3.05, 3.63) is 13.8 Å². The van der Waals surface area contributed by atoms with E-state index in [0.717, 1.165) is 13.0 Å². The molecule has 0 saturated heterocycles. The van der Waals surface area contributed by atoms with Gasteiger partial charge in [0, 0.05) is 37.2 Å². The Kier molecular flexibility index (Phi) is 13.6. The minimum atomic E-state index is 0. The topological polar surface area (TPSA) is 12.0 Å². The molecule has 0 aliphatic carbocycles. The molecule has 1 unspecified atom stereocenters. The average Bonchev–Trinajstić information content (AvgIpc) is 1.80. The van der Waals surface area contributed by atoms with E-state index in [4.69, 9.17) is 0 Å². The zero-order valence-electron chi connectivity index (χ0n) is 6.82. The molecule has 1 nitrogen and oxygen atoms in total. The maximum Gasteiger partial charge on any atom is 0.00393 e. The van der Waals surface area contributed by atoms with Crippen molar-refractivity contribution >= 4 is 0 Å². The molecule has 0 amide bonds. The zero-order chi connectivity index (χ0) is 7.11. The molecule has 0 rings (SSSR count). The SMILES string of the molecule is [CH2]C(C)NCCCC[CH2-].[U]. The fourth-order valence-electron chi connectivity index (χ4n) is 0.650. The van der Waals surface area contributed by atoms with Gasteiger partial charge in [-0.25, -0.2) is 0 Å². The van der Waals surface area contributed by atoms with Gasteiger partial charge < -0.3 is 12.2 Å². The Morgan fingerprint density at radius 3 is 2.50 bits per heavy atom. The van der Waals surface area contributed by atoms with Crippen molar-refractivity contribution in [1.29, 1.82) is 0 Å². The number of unbranched alkanes of at least 4 members (excludes halogenated alkanes) is 2. The number of hydrogen-bond acceptors (Lipinski definition) is 1. The molecule has 2 heteroatoms. The van der Waals surface area contributed by atoms with E-state index in [2.05, 4.69) is 26.1 Å². The van der Waals surface area contributed by atoms with Gasteiger partial charge in [-0.3, -0.25) is 0 Å². The van der Waals surface area contributed by atoms with Crippen LogP contribution >= 0.6 is 0 Å². The van der Waals surface area contributed by atoms with Crippen molar-refractivity contribution in [3.63, 3.8) is 0 Å². The molecular formula is C8H17NU-. The first-order valence-corrected chi connectivity index (χ1v) is 3.63. The van der Waals surface area contributed by atoms with Crippen LogP contribution in [0.5, 0.6) is 0 Å². The summed E-state index contributed by atoms with van der Waals surface area (Å²) in [6.45, 7) is 10.7. The van der Waals surface area contributed by atoms with Crippen molar-refractivity contribution < 1.29 is 31.1 Å². The minimum Gasteiger partial charge on any atom is -0.343 e. The quantitative estimate of drug-likeness (QED) is 0.579. The zero-order valence-corrected chi connectivity index (χ0v) is 11.0. The van der Waals surface area contributed by atoms with Crippen LogP contribution in [-0.2, 0) is 0 Å². The molecule has 0 aliphatic heterocycles. The maximum atomic E-state index is 3.81. The van der Waals surface area contributed by atoms with Crippen LogP contribution in [0, 0.1) is 45.0 Å². The average molecular weight is 365 g/mol. The van der Waals surface area contributed by atoms with E-state index < -0.39 is 0 Å². The summed E-state index contributed by atoms with van der Waals surface area (Å²) in [6, 6.07) is 0.384. The second-order valence-electron chi connectivity index (χ2n) is 2.42. The van der Waals surface area contributed by atoms with Gasteiger partial charge in [0.1, 0.15) is 0 Å². The number of hydrogen-bond donors (Lipinski definition) is 1. The van der Waals surface area contributed by atoms with E-state index in [-0.39, 0.29) is 31.1 Å². The van der Waals surface area contributed by atoms with Crippen molar-refractivity contribution in [2.45, 2.75) is 32.2 Å². The van der Waals surface area contributed by atoms with E-state index in [9.17, 15) is 0 Å². The second-order valence-corrected chi connectivity index (χ2v) is 2.42. The van der Waals surface area contributed by atoms with Crippen molar-refractivity contribution in [1.82, 2.24) is 5.32 Å². The van der Waals surface area contributed by atoms with Crippen LogP contribution < -0.4 is 5.32 Å². The Balaban J connectivity index is 0. The van der Waals surface area contributed by atoms with Gasteiger partial charge in [-0.1, -0.05) is 6.42 Å². The summed E-state index contributed by atoms with van der Waals surface area (Å²) in [5.74, 6) is 0. The molecule has 1 radical (unpaired) electrons. The molecule has 10 heavy (non-hydrogen) atoms. The monoisotopic (exact) mass is 365 g/mol. The predicted octanol–water partition coefficient (Wildman–Crippen LogP) is 1.80. The first-order chi connectivity index (χ1) is 4.27. The standard InChI is InChI=1S/C8H17N.U/c1-4-5-6-7-9-8(2)3;/h8-9H,1-2,4-7H2,3H3;/q-1;. The molecule has 0 aromatic heterocycles. The Labute approximate surface area is 88.7 Å². The third-order valence-electron chi connectivity index (χ3n) is 1.17. The Hall–Kier alpha value is 1.01. The van der Waals surface area contributed by atoms with Gasteiger partial charge in [-0.2, -0.15) is 6.42 Å². The summed E-state index contributed by atoms with van der Waals surface area (Å²) < 4.78 is 0. The van der Waals surface area contributed by atoms with Crippen molar-refractivity contribution in [2.75, 3.05) is 6.54 Å². The van der Waals surface area contributed by atoms with Crippen molar-refractivity contribution in [2.24, 2.45) is 0 Å². The predicted molar refractivity (Wildman–Crippen MR) is 42.0 cm³/mol. The molecule has 0 aromatic carbocycles. The largest absolute Gasteiger partial charge is 0.343 e. The third kappa shape index (κ3) is 11.8. The van der Waals surface area contributed by atoms with Crippen LogP contribution in [0.2, 0.25) is 0 Å². The van der Waals surface area contributed by atoms with E-state index in [1.807, 2.05) is 0 Å². The van der Waals surface area contributed by atoms with Crippen LogP contribution in [0.1, 0.15) is 26.2 Å². The molecule has 0 fully saturated rings. The van der Waals surface area contributed by atoms with Crippen molar-refractivity contribution in [3.8, 4) is 0 Å². The third-order valence-corrected chi connectivity index (χ3v) is 1.17. The van der Waals surface area contributed by atoms with Crippen LogP contribution in [0.25, 0.3) is 0 Å². The number of nitrogens with one attached hydrogen (secondary N) is 1. The number of rotatable bonds is 5. The summed E-state index contributed by atoms with van der Waals surface area (Å²) in [5.41, 5.74) is 0. The fraction of sp³-hybridized carbons (Fsp3) is 0.750. The van der Waals surface area contributed by atoms with Crippen LogP contribution in [0.4, 0.5) is 0 Å². The molecule has 0 aliphatic rings. The smallest absolute Gasteiger partial charge is 0.00393 e. The summed E-state index contributed by atoms with van der Waals surface area (Å²) in [6.07, 6.45) is 3.50. The van der Waals surface area contributed by atoms with Crippen LogP contribution in [0.3, 0.4) is 0 Å². The van der Waals surface area contributed by atoms with E-state index in [1.165, 1.54) is 12.8 Å². The maximum absolute atomic E-state index is 3.81. The molecule has 0 saturated carbocycles. The summed E-state index contributed by atoms with van der Waals surface area (Å²) in [5, 5.41) is 3.24. The Morgan fingerprint density at radius 2 is 2.10 bits per heavy atom. The van der Waals surface area contributed by atoms with Gasteiger partial charge >= 0.3 is 0 Å². The normalized spacial score (nSPS) is 9.60. The Morgan fingerprint density at radius 1 is 1.50 bits per heavy atom. The molecule has 1 atom stereocenters. The molecular weight excluding hydrogens is 348 g/mol. The fourth-order valence-corrected chi connectivity index (χ4v) is 0.650. The van der Waals surface area contributed by atoms with Gasteiger partial charge in [0.25, 0.3) is 0 Å². The second kappa shape index (κ2) is 10.0. The molecule has 0 aromatic rings. The molecule has 0 heterocycles. The molecule has 59 valence electrons. The minimum absolute atomic E-state index is 0. The summed E-state index contributed by atoms with van der Waals surface area (Å²) >= 11 is 0. The first-order valence-electron chi connectivity index (χ1n) is 3.63. The molecule has 1 N–H and O–H groups in total. The van der Waals surface area contributed by atoms with Crippen LogP contribution in [-0.4, -0.2) is 12.6 Å². The van der Waals surface area contributed by atoms with E-state index >= 15 is 0 Å².